The van der Waals surface area contributed by atoms with Gasteiger partial charge in [-0.05, 0) is 31.6 Å². The van der Waals surface area contributed by atoms with Crippen molar-refractivity contribution < 1.29 is 5.11 Å². The van der Waals surface area contributed by atoms with E-state index in [9.17, 15) is 5.11 Å². The fourth-order valence-corrected chi connectivity index (χ4v) is 3.73. The third-order valence-corrected chi connectivity index (χ3v) is 5.07. The lowest BCUT2D eigenvalue weighted by molar-refractivity contribution is 0.243. The first-order chi connectivity index (χ1) is 13.1. The van der Waals surface area contributed by atoms with Gasteiger partial charge in [0.15, 0.2) is 5.96 Å². The van der Waals surface area contributed by atoms with Gasteiger partial charge in [-0.2, -0.15) is 0 Å². The van der Waals surface area contributed by atoms with Gasteiger partial charge in [-0.1, -0.05) is 44.2 Å². The number of rotatable bonds is 10. The van der Waals surface area contributed by atoms with Gasteiger partial charge in [0.05, 0.1) is 12.2 Å². The Kier molecular flexibility index (Phi) is 12.3. The summed E-state index contributed by atoms with van der Waals surface area (Å²) >= 11 is 1.64. The van der Waals surface area contributed by atoms with Gasteiger partial charge in [0.2, 0.25) is 0 Å². The molecule has 0 amide bonds. The lowest BCUT2D eigenvalue weighted by atomic mass is 9.94. The van der Waals surface area contributed by atoms with Crippen LogP contribution in [0, 0.1) is 11.8 Å². The summed E-state index contributed by atoms with van der Waals surface area (Å²) in [6.07, 6.45) is 1.91. The topological polar surface area (TPSA) is 69.5 Å². The minimum atomic E-state index is 0. The fourth-order valence-electron chi connectivity index (χ4n) is 3.01. The van der Waals surface area contributed by atoms with Crippen molar-refractivity contribution in [3.8, 4) is 11.3 Å². The van der Waals surface area contributed by atoms with E-state index in [-0.39, 0.29) is 30.6 Å². The molecule has 0 fully saturated rings. The van der Waals surface area contributed by atoms with Crippen molar-refractivity contribution in [1.29, 1.82) is 0 Å². The monoisotopic (exact) mass is 516 g/mol. The van der Waals surface area contributed by atoms with Gasteiger partial charge in [0.25, 0.3) is 0 Å². The van der Waals surface area contributed by atoms with Crippen molar-refractivity contribution in [3.63, 3.8) is 0 Å². The Morgan fingerprint density at radius 1 is 1.21 bits per heavy atom. The molecule has 0 aliphatic carbocycles. The third kappa shape index (κ3) is 8.87. The lowest BCUT2D eigenvalue weighted by Gasteiger charge is -2.20. The molecule has 5 nitrogen and oxygen atoms in total. The molecule has 1 atom stereocenters. The number of nitrogens with zero attached hydrogens (tertiary/aromatic N) is 2. The van der Waals surface area contributed by atoms with Gasteiger partial charge in [-0.3, -0.25) is 0 Å². The smallest absolute Gasteiger partial charge is 0.191 e. The molecule has 1 unspecified atom stereocenters. The lowest BCUT2D eigenvalue weighted by Crippen LogP contribution is -2.40. The van der Waals surface area contributed by atoms with Crippen LogP contribution in [-0.4, -0.2) is 35.7 Å². The zero-order valence-electron chi connectivity index (χ0n) is 17.0. The molecule has 3 N–H and O–H groups in total. The number of hydrogen-bond acceptors (Lipinski definition) is 4. The SMILES string of the molecule is CCNC(=NCc1nc(-c2ccccc2)cs1)NCC(CCO)CC(C)C.I. The second kappa shape index (κ2) is 13.9. The summed E-state index contributed by atoms with van der Waals surface area (Å²) in [7, 11) is 0. The second-order valence-electron chi connectivity index (χ2n) is 7.08. The minimum absolute atomic E-state index is 0. The summed E-state index contributed by atoms with van der Waals surface area (Å²) < 4.78 is 0. The molecule has 2 rings (SSSR count). The predicted molar refractivity (Wildman–Crippen MR) is 130 cm³/mol. The van der Waals surface area contributed by atoms with Crippen molar-refractivity contribution in [2.24, 2.45) is 16.8 Å². The number of hydrogen-bond donors (Lipinski definition) is 3. The number of guanidine groups is 1. The molecule has 7 heteroatoms. The van der Waals surface area contributed by atoms with Crippen molar-refractivity contribution in [3.05, 3.63) is 40.7 Å². The number of aliphatic hydroxyl groups excluding tert-OH is 1. The highest BCUT2D eigenvalue weighted by Gasteiger charge is 2.11. The van der Waals surface area contributed by atoms with E-state index >= 15 is 0 Å². The molecule has 1 aromatic carbocycles. The van der Waals surface area contributed by atoms with Crippen LogP contribution in [0.15, 0.2) is 40.7 Å². The Morgan fingerprint density at radius 3 is 2.61 bits per heavy atom. The van der Waals surface area contributed by atoms with Gasteiger partial charge in [0, 0.05) is 30.6 Å². The summed E-state index contributed by atoms with van der Waals surface area (Å²) in [4.78, 5) is 9.38. The summed E-state index contributed by atoms with van der Waals surface area (Å²) in [5.41, 5.74) is 2.14. The Morgan fingerprint density at radius 2 is 1.96 bits per heavy atom. The maximum absolute atomic E-state index is 9.29. The number of aliphatic imine (C=N–C) groups is 1. The first-order valence-electron chi connectivity index (χ1n) is 9.75. The first kappa shape index (κ1) is 24.8. The van der Waals surface area contributed by atoms with E-state index in [1.54, 1.807) is 11.3 Å². The maximum atomic E-state index is 9.29. The molecule has 0 aliphatic rings. The Hall–Kier alpha value is -1.19. The van der Waals surface area contributed by atoms with Crippen molar-refractivity contribution in [2.75, 3.05) is 19.7 Å². The Balaban J connectivity index is 0.00000392. The highest BCUT2D eigenvalue weighted by Crippen LogP contribution is 2.21. The fraction of sp³-hybridized carbons (Fsp3) is 0.524. The third-order valence-electron chi connectivity index (χ3n) is 4.24. The van der Waals surface area contributed by atoms with E-state index in [0.717, 1.165) is 48.2 Å². The van der Waals surface area contributed by atoms with E-state index in [1.807, 2.05) is 18.2 Å². The number of thiazole rings is 1. The van der Waals surface area contributed by atoms with Crippen LogP contribution >= 0.6 is 35.3 Å². The molecular weight excluding hydrogens is 483 g/mol. The summed E-state index contributed by atoms with van der Waals surface area (Å²) in [6.45, 7) is 8.92. The van der Waals surface area contributed by atoms with Crippen LogP contribution in [0.2, 0.25) is 0 Å². The summed E-state index contributed by atoms with van der Waals surface area (Å²) in [6, 6.07) is 10.2. The van der Waals surface area contributed by atoms with E-state index in [4.69, 9.17) is 4.98 Å². The molecule has 2 aromatic rings. The van der Waals surface area contributed by atoms with E-state index in [2.05, 4.69) is 53.9 Å². The standard InChI is InChI=1S/C21H32N4OS.HI/c1-4-22-21(23-13-17(10-11-26)12-16(2)3)24-14-20-25-19(15-27-20)18-8-6-5-7-9-18;/h5-9,15-17,26H,4,10-14H2,1-3H3,(H2,22,23,24);1H. The predicted octanol–water partition coefficient (Wildman–Crippen LogP) is 4.53. The average molecular weight is 516 g/mol. The van der Waals surface area contributed by atoms with Gasteiger partial charge in [-0.25, -0.2) is 9.98 Å². The largest absolute Gasteiger partial charge is 0.396 e. The highest BCUT2D eigenvalue weighted by atomic mass is 127. The molecule has 0 spiro atoms. The minimum Gasteiger partial charge on any atom is -0.396 e. The first-order valence-corrected chi connectivity index (χ1v) is 10.6. The van der Waals surface area contributed by atoms with Crippen molar-refractivity contribution in [2.45, 2.75) is 40.2 Å². The van der Waals surface area contributed by atoms with Crippen LogP contribution in [0.5, 0.6) is 0 Å². The van der Waals surface area contributed by atoms with Crippen LogP contribution in [0.4, 0.5) is 0 Å². The van der Waals surface area contributed by atoms with Crippen LogP contribution < -0.4 is 10.6 Å². The molecule has 0 saturated carbocycles. The van der Waals surface area contributed by atoms with Crippen molar-refractivity contribution >= 4 is 41.3 Å². The zero-order chi connectivity index (χ0) is 19.5. The van der Waals surface area contributed by atoms with Crippen molar-refractivity contribution in [1.82, 2.24) is 15.6 Å². The Labute approximate surface area is 190 Å². The van der Waals surface area contributed by atoms with Crippen LogP contribution in [0.1, 0.15) is 38.6 Å². The molecule has 1 heterocycles. The maximum Gasteiger partial charge on any atom is 0.191 e. The van der Waals surface area contributed by atoms with Crippen LogP contribution in [-0.2, 0) is 6.54 Å². The van der Waals surface area contributed by atoms with Crippen LogP contribution in [0.3, 0.4) is 0 Å². The van der Waals surface area contributed by atoms with E-state index in [0.29, 0.717) is 18.4 Å². The summed E-state index contributed by atoms with van der Waals surface area (Å²) in [5.74, 6) is 1.87. The molecule has 0 bridgehead atoms. The number of benzene rings is 1. The molecule has 156 valence electrons. The molecule has 0 aliphatic heterocycles. The Bertz CT molecular complexity index is 691. The van der Waals surface area contributed by atoms with Gasteiger partial charge in [0.1, 0.15) is 5.01 Å². The van der Waals surface area contributed by atoms with E-state index < -0.39 is 0 Å². The quantitative estimate of drug-likeness (QED) is 0.247. The number of aliphatic hydroxyl groups is 1. The molecular formula is C21H33IN4OS. The van der Waals surface area contributed by atoms with E-state index in [1.165, 1.54) is 0 Å². The zero-order valence-corrected chi connectivity index (χ0v) is 20.2. The molecule has 28 heavy (non-hydrogen) atoms. The van der Waals surface area contributed by atoms with Crippen LogP contribution in [0.25, 0.3) is 11.3 Å². The normalized spacial score (nSPS) is 12.5. The van der Waals surface area contributed by atoms with Gasteiger partial charge < -0.3 is 15.7 Å². The number of nitrogens with one attached hydrogen (secondary N) is 2. The molecule has 0 radical (unpaired) electrons. The second-order valence-corrected chi connectivity index (χ2v) is 8.02. The highest BCUT2D eigenvalue weighted by molar-refractivity contribution is 14.0. The summed E-state index contributed by atoms with van der Waals surface area (Å²) in [5, 5.41) is 19.1. The molecule has 0 saturated heterocycles. The average Bonchev–Trinajstić information content (AvgIpc) is 3.13. The number of aromatic nitrogens is 1. The van der Waals surface area contributed by atoms with Gasteiger partial charge >= 0.3 is 0 Å². The molecule has 1 aromatic heterocycles. The number of halogens is 1. The van der Waals surface area contributed by atoms with Gasteiger partial charge in [-0.15, -0.1) is 35.3 Å².